The van der Waals surface area contributed by atoms with Crippen molar-refractivity contribution in [1.82, 2.24) is 15.5 Å². The molecule has 0 aliphatic carbocycles. The zero-order valence-corrected chi connectivity index (χ0v) is 11.5. The molecule has 3 N–H and O–H groups in total. The number of hydrogen-bond acceptors (Lipinski definition) is 4. The van der Waals surface area contributed by atoms with E-state index in [1.807, 2.05) is 0 Å². The van der Waals surface area contributed by atoms with Crippen molar-refractivity contribution in [3.05, 3.63) is 0 Å². The fourth-order valence-corrected chi connectivity index (χ4v) is 1.98. The largest absolute Gasteiger partial charge is 0.389 e. The van der Waals surface area contributed by atoms with E-state index in [-0.39, 0.29) is 25.1 Å². The average Bonchev–Trinajstić information content (AvgIpc) is 2.55. The van der Waals surface area contributed by atoms with Crippen LogP contribution < -0.4 is 10.6 Å². The molecule has 3 amide bonds. The van der Waals surface area contributed by atoms with Crippen LogP contribution >= 0.6 is 0 Å². The molecule has 0 aromatic rings. The van der Waals surface area contributed by atoms with E-state index in [0.29, 0.717) is 13.0 Å². The Balaban J connectivity index is 2.41. The molecule has 1 heterocycles. The highest BCUT2D eigenvalue weighted by atomic mass is 16.5. The molecule has 19 heavy (non-hydrogen) atoms. The summed E-state index contributed by atoms with van der Waals surface area (Å²) in [6, 6.07) is -0.853. The molecule has 7 nitrogen and oxygen atoms in total. The molecule has 2 unspecified atom stereocenters. The van der Waals surface area contributed by atoms with Crippen molar-refractivity contribution in [2.24, 2.45) is 0 Å². The second kappa shape index (κ2) is 7.96. The number of likely N-dealkylation sites (N-methyl/N-ethyl adjacent to an activating group) is 1. The lowest BCUT2D eigenvalue weighted by atomic mass is 10.1. The van der Waals surface area contributed by atoms with Crippen LogP contribution in [0.1, 0.15) is 19.3 Å². The summed E-state index contributed by atoms with van der Waals surface area (Å²) in [6.45, 7) is 0.989. The number of urea groups is 1. The molecule has 0 aromatic carbocycles. The fraction of sp³-hybridized carbons (Fsp3) is 0.833. The summed E-state index contributed by atoms with van der Waals surface area (Å²) < 4.78 is 4.80. The van der Waals surface area contributed by atoms with Gasteiger partial charge < -0.3 is 25.4 Å². The van der Waals surface area contributed by atoms with Crippen molar-refractivity contribution in [1.29, 1.82) is 0 Å². The lowest BCUT2D eigenvalue weighted by Gasteiger charge is -2.23. The summed E-state index contributed by atoms with van der Waals surface area (Å²) in [7, 11) is 3.06. The molecular weight excluding hydrogens is 250 g/mol. The van der Waals surface area contributed by atoms with Crippen molar-refractivity contribution in [3.8, 4) is 0 Å². The highest BCUT2D eigenvalue weighted by Gasteiger charge is 2.24. The number of amides is 3. The van der Waals surface area contributed by atoms with Gasteiger partial charge in [-0.2, -0.15) is 0 Å². The van der Waals surface area contributed by atoms with Crippen LogP contribution in [0.25, 0.3) is 0 Å². The van der Waals surface area contributed by atoms with Crippen LogP contribution in [0.4, 0.5) is 4.79 Å². The molecule has 2 atom stereocenters. The van der Waals surface area contributed by atoms with Crippen LogP contribution in [0.15, 0.2) is 0 Å². The molecule has 1 fully saturated rings. The maximum atomic E-state index is 11.9. The Morgan fingerprint density at radius 2 is 2.37 bits per heavy atom. The second-order valence-corrected chi connectivity index (χ2v) is 4.78. The summed E-state index contributed by atoms with van der Waals surface area (Å²) >= 11 is 0. The Hall–Kier alpha value is -1.34. The van der Waals surface area contributed by atoms with E-state index in [0.717, 1.165) is 12.8 Å². The van der Waals surface area contributed by atoms with E-state index >= 15 is 0 Å². The summed E-state index contributed by atoms with van der Waals surface area (Å²) in [5.74, 6) is -0.142. The summed E-state index contributed by atoms with van der Waals surface area (Å²) in [5, 5.41) is 15.0. The smallest absolute Gasteiger partial charge is 0.317 e. The predicted molar refractivity (Wildman–Crippen MR) is 69.7 cm³/mol. The molecule has 0 aromatic heterocycles. The Kier molecular flexibility index (Phi) is 6.58. The van der Waals surface area contributed by atoms with Crippen LogP contribution in [0, 0.1) is 0 Å². The topological polar surface area (TPSA) is 90.9 Å². The normalized spacial score (nSPS) is 21.2. The fourth-order valence-electron chi connectivity index (χ4n) is 1.98. The Bertz CT molecular complexity index is 311. The molecule has 110 valence electrons. The molecule has 1 aliphatic rings. The number of nitrogens with zero attached hydrogens (tertiary/aromatic N) is 1. The third kappa shape index (κ3) is 5.44. The maximum Gasteiger partial charge on any atom is 0.317 e. The van der Waals surface area contributed by atoms with Gasteiger partial charge in [-0.3, -0.25) is 4.79 Å². The highest BCUT2D eigenvalue weighted by molar-refractivity contribution is 5.87. The van der Waals surface area contributed by atoms with Crippen molar-refractivity contribution < 1.29 is 19.4 Å². The number of nitrogens with one attached hydrogen (secondary N) is 2. The molecule has 0 bridgehead atoms. The first-order chi connectivity index (χ1) is 9.04. The van der Waals surface area contributed by atoms with E-state index in [2.05, 4.69) is 10.6 Å². The summed E-state index contributed by atoms with van der Waals surface area (Å²) in [4.78, 5) is 24.9. The minimum Gasteiger partial charge on any atom is -0.389 e. The van der Waals surface area contributed by atoms with Gasteiger partial charge in [0.25, 0.3) is 0 Å². The molecule has 0 radical (unpaired) electrons. The third-order valence-corrected chi connectivity index (χ3v) is 3.02. The number of hydrogen-bond donors (Lipinski definition) is 3. The number of aliphatic hydroxyl groups is 1. The SMILES string of the molecule is COCC(O)CN(C)C(=O)NC1CCCCNC1=O. The van der Waals surface area contributed by atoms with Gasteiger partial charge in [0.15, 0.2) is 0 Å². The van der Waals surface area contributed by atoms with Gasteiger partial charge in [0.1, 0.15) is 6.04 Å². The number of methoxy groups -OCH3 is 1. The van der Waals surface area contributed by atoms with Gasteiger partial charge >= 0.3 is 6.03 Å². The van der Waals surface area contributed by atoms with Gasteiger partial charge in [0.2, 0.25) is 5.91 Å². The predicted octanol–water partition coefficient (Wildman–Crippen LogP) is -0.696. The van der Waals surface area contributed by atoms with Crippen molar-refractivity contribution in [2.75, 3.05) is 33.9 Å². The van der Waals surface area contributed by atoms with Crippen molar-refractivity contribution >= 4 is 11.9 Å². The number of carbonyl (C=O) groups excluding carboxylic acids is 2. The van der Waals surface area contributed by atoms with Gasteiger partial charge in [-0.1, -0.05) is 0 Å². The van der Waals surface area contributed by atoms with Crippen LogP contribution in [0.2, 0.25) is 0 Å². The number of aliphatic hydroxyl groups excluding tert-OH is 1. The lowest BCUT2D eigenvalue weighted by molar-refractivity contribution is -0.122. The quantitative estimate of drug-likeness (QED) is 0.618. The Morgan fingerprint density at radius 3 is 3.05 bits per heavy atom. The molecule has 0 spiro atoms. The van der Waals surface area contributed by atoms with Crippen LogP contribution in [-0.2, 0) is 9.53 Å². The Morgan fingerprint density at radius 1 is 1.63 bits per heavy atom. The molecular formula is C12H23N3O4. The Labute approximate surface area is 113 Å². The minimum atomic E-state index is -0.733. The van der Waals surface area contributed by atoms with Gasteiger partial charge in [0.05, 0.1) is 19.3 Å². The zero-order chi connectivity index (χ0) is 14.3. The lowest BCUT2D eigenvalue weighted by Crippen LogP contribution is -2.51. The van der Waals surface area contributed by atoms with E-state index in [9.17, 15) is 14.7 Å². The first-order valence-corrected chi connectivity index (χ1v) is 6.51. The number of carbonyl (C=O) groups is 2. The van der Waals surface area contributed by atoms with E-state index < -0.39 is 12.1 Å². The van der Waals surface area contributed by atoms with Crippen molar-refractivity contribution in [3.63, 3.8) is 0 Å². The monoisotopic (exact) mass is 273 g/mol. The van der Waals surface area contributed by atoms with Gasteiger partial charge in [-0.15, -0.1) is 0 Å². The first-order valence-electron chi connectivity index (χ1n) is 6.51. The van der Waals surface area contributed by atoms with Crippen LogP contribution in [0.3, 0.4) is 0 Å². The van der Waals surface area contributed by atoms with Crippen molar-refractivity contribution in [2.45, 2.75) is 31.4 Å². The maximum absolute atomic E-state index is 11.9. The van der Waals surface area contributed by atoms with Gasteiger partial charge in [0, 0.05) is 20.7 Å². The van der Waals surface area contributed by atoms with E-state index in [4.69, 9.17) is 4.74 Å². The molecule has 7 heteroatoms. The standard InChI is InChI=1S/C12H23N3O4/c1-15(7-9(16)8-19-2)12(18)14-10-5-3-4-6-13-11(10)17/h9-10,16H,3-8H2,1-2H3,(H,13,17)(H,14,18). The summed E-state index contributed by atoms with van der Waals surface area (Å²) in [5.41, 5.74) is 0. The van der Waals surface area contributed by atoms with E-state index in [1.165, 1.54) is 12.0 Å². The van der Waals surface area contributed by atoms with Gasteiger partial charge in [-0.25, -0.2) is 4.79 Å². The average molecular weight is 273 g/mol. The van der Waals surface area contributed by atoms with Crippen LogP contribution in [0.5, 0.6) is 0 Å². The number of rotatable bonds is 5. The highest BCUT2D eigenvalue weighted by Crippen LogP contribution is 2.05. The zero-order valence-electron chi connectivity index (χ0n) is 11.5. The molecule has 1 aliphatic heterocycles. The first kappa shape index (κ1) is 15.7. The second-order valence-electron chi connectivity index (χ2n) is 4.78. The molecule has 1 saturated heterocycles. The molecule has 0 saturated carbocycles. The molecule has 1 rings (SSSR count). The third-order valence-electron chi connectivity index (χ3n) is 3.02. The summed E-state index contributed by atoms with van der Waals surface area (Å²) in [6.07, 6.45) is 1.75. The minimum absolute atomic E-state index is 0.142. The van der Waals surface area contributed by atoms with Crippen LogP contribution in [-0.4, -0.2) is 67.9 Å². The van der Waals surface area contributed by atoms with E-state index in [1.54, 1.807) is 7.05 Å². The number of ether oxygens (including phenoxy) is 1. The van der Waals surface area contributed by atoms with Gasteiger partial charge in [-0.05, 0) is 19.3 Å².